The molecule has 1 unspecified atom stereocenters. The number of anilines is 1. The van der Waals surface area contributed by atoms with Gasteiger partial charge in [0.25, 0.3) is 0 Å². The van der Waals surface area contributed by atoms with Crippen LogP contribution in [0.15, 0.2) is 18.5 Å². The summed E-state index contributed by atoms with van der Waals surface area (Å²) in [6.45, 7) is 4.39. The van der Waals surface area contributed by atoms with Crippen LogP contribution in [-0.4, -0.2) is 40.4 Å². The molecular formula is C14H21N5O2. The molecule has 1 amide bonds. The van der Waals surface area contributed by atoms with Crippen molar-refractivity contribution in [2.45, 2.75) is 32.4 Å². The number of methoxy groups -OCH3 is 1. The van der Waals surface area contributed by atoms with Crippen molar-refractivity contribution in [1.82, 2.24) is 14.8 Å². The largest absolute Gasteiger partial charge is 0.380 e. The summed E-state index contributed by atoms with van der Waals surface area (Å²) >= 11 is 0. The monoisotopic (exact) mass is 291 g/mol. The number of aromatic nitrogens is 3. The van der Waals surface area contributed by atoms with Gasteiger partial charge in [-0.2, -0.15) is 5.10 Å². The zero-order valence-electron chi connectivity index (χ0n) is 12.5. The first-order valence-corrected chi connectivity index (χ1v) is 6.91. The predicted octanol–water partition coefficient (Wildman–Crippen LogP) is 1.31. The lowest BCUT2D eigenvalue weighted by Gasteiger charge is -2.12. The topological polar surface area (TPSA) is 95.1 Å². The van der Waals surface area contributed by atoms with Gasteiger partial charge in [-0.3, -0.25) is 4.79 Å². The lowest BCUT2D eigenvalue weighted by atomic mass is 10.2. The van der Waals surface area contributed by atoms with E-state index in [0.717, 1.165) is 11.0 Å². The van der Waals surface area contributed by atoms with Gasteiger partial charge in [-0.05, 0) is 19.9 Å². The highest BCUT2D eigenvalue weighted by Crippen LogP contribution is 2.19. The van der Waals surface area contributed by atoms with Gasteiger partial charge in [-0.1, -0.05) is 0 Å². The molecule has 0 fully saturated rings. The minimum Gasteiger partial charge on any atom is -0.380 e. The Bertz CT molecular complexity index is 619. The van der Waals surface area contributed by atoms with Crippen LogP contribution in [-0.2, 0) is 9.53 Å². The highest BCUT2D eigenvalue weighted by molar-refractivity contribution is 5.92. The number of amides is 1. The maximum Gasteiger partial charge on any atom is 0.227 e. The molecule has 7 heteroatoms. The Balaban J connectivity index is 2.11. The van der Waals surface area contributed by atoms with Crippen molar-refractivity contribution in [2.24, 2.45) is 5.73 Å². The van der Waals surface area contributed by atoms with Crippen molar-refractivity contribution in [3.05, 3.63) is 18.5 Å². The molecule has 0 radical (unpaired) electrons. The van der Waals surface area contributed by atoms with Crippen LogP contribution in [0, 0.1) is 0 Å². The van der Waals surface area contributed by atoms with E-state index < -0.39 is 0 Å². The number of hydrogen-bond acceptors (Lipinski definition) is 5. The van der Waals surface area contributed by atoms with Crippen molar-refractivity contribution >= 4 is 22.6 Å². The van der Waals surface area contributed by atoms with Crippen LogP contribution < -0.4 is 11.1 Å². The summed E-state index contributed by atoms with van der Waals surface area (Å²) in [6.07, 6.45) is 3.32. The predicted molar refractivity (Wildman–Crippen MR) is 81.0 cm³/mol. The Hall–Kier alpha value is -1.99. The Kier molecular flexibility index (Phi) is 4.87. The molecule has 0 saturated heterocycles. The fourth-order valence-corrected chi connectivity index (χ4v) is 2.07. The highest BCUT2D eigenvalue weighted by Gasteiger charge is 2.13. The maximum atomic E-state index is 11.9. The third-order valence-electron chi connectivity index (χ3n) is 3.22. The van der Waals surface area contributed by atoms with Crippen molar-refractivity contribution < 1.29 is 9.53 Å². The van der Waals surface area contributed by atoms with Gasteiger partial charge < -0.3 is 15.8 Å². The van der Waals surface area contributed by atoms with Gasteiger partial charge in [0.05, 0.1) is 30.6 Å². The molecule has 0 bridgehead atoms. The molecule has 114 valence electrons. The molecule has 0 spiro atoms. The Morgan fingerprint density at radius 3 is 2.86 bits per heavy atom. The van der Waals surface area contributed by atoms with Crippen LogP contribution >= 0.6 is 0 Å². The number of fused-ring (bicyclic) bond motifs is 1. The van der Waals surface area contributed by atoms with E-state index in [2.05, 4.69) is 15.4 Å². The number of carbonyl (C=O) groups excluding carboxylic acids is 1. The molecule has 2 aromatic heterocycles. The van der Waals surface area contributed by atoms with E-state index in [1.807, 2.05) is 24.6 Å². The van der Waals surface area contributed by atoms with Crippen molar-refractivity contribution in [3.8, 4) is 0 Å². The van der Waals surface area contributed by atoms with Gasteiger partial charge in [0.15, 0.2) is 5.65 Å². The summed E-state index contributed by atoms with van der Waals surface area (Å²) in [5.41, 5.74) is 6.95. The second-order valence-electron chi connectivity index (χ2n) is 5.17. The van der Waals surface area contributed by atoms with E-state index in [9.17, 15) is 4.79 Å². The van der Waals surface area contributed by atoms with Crippen LogP contribution in [0.5, 0.6) is 0 Å². The molecule has 2 rings (SSSR count). The number of ether oxygens (including phenoxy) is 1. The number of nitrogens with two attached hydrogens (primary N) is 1. The summed E-state index contributed by atoms with van der Waals surface area (Å²) in [7, 11) is 1.54. The zero-order valence-corrected chi connectivity index (χ0v) is 12.5. The lowest BCUT2D eigenvalue weighted by molar-refractivity contribution is -0.118. The first-order chi connectivity index (χ1) is 10.0. The Morgan fingerprint density at radius 2 is 2.24 bits per heavy atom. The third kappa shape index (κ3) is 3.56. The van der Waals surface area contributed by atoms with E-state index in [-0.39, 0.29) is 24.5 Å². The molecule has 2 heterocycles. The minimum atomic E-state index is -0.273. The number of nitrogens with one attached hydrogen (secondary N) is 1. The number of rotatable bonds is 6. The van der Waals surface area contributed by atoms with Crippen molar-refractivity contribution in [1.29, 1.82) is 0 Å². The molecule has 0 aliphatic rings. The molecule has 1 atom stereocenters. The highest BCUT2D eigenvalue weighted by atomic mass is 16.5. The van der Waals surface area contributed by atoms with Crippen molar-refractivity contribution in [2.75, 3.05) is 19.0 Å². The number of hydrogen-bond donors (Lipinski definition) is 2. The van der Waals surface area contributed by atoms with E-state index >= 15 is 0 Å². The summed E-state index contributed by atoms with van der Waals surface area (Å²) < 4.78 is 6.94. The van der Waals surface area contributed by atoms with Gasteiger partial charge in [0.2, 0.25) is 5.91 Å². The van der Waals surface area contributed by atoms with Gasteiger partial charge >= 0.3 is 0 Å². The van der Waals surface area contributed by atoms with Gasteiger partial charge in [0.1, 0.15) is 0 Å². The van der Waals surface area contributed by atoms with Crippen molar-refractivity contribution in [3.63, 3.8) is 0 Å². The molecular weight excluding hydrogens is 270 g/mol. The van der Waals surface area contributed by atoms with E-state index in [1.54, 1.807) is 19.5 Å². The van der Waals surface area contributed by atoms with Gasteiger partial charge in [-0.15, -0.1) is 0 Å². The number of nitrogens with zero attached hydrogens (tertiary/aromatic N) is 3. The van der Waals surface area contributed by atoms with Gasteiger partial charge in [-0.25, -0.2) is 9.67 Å². The van der Waals surface area contributed by atoms with Crippen LogP contribution in [0.2, 0.25) is 0 Å². The van der Waals surface area contributed by atoms with E-state index in [0.29, 0.717) is 12.2 Å². The average molecular weight is 291 g/mol. The van der Waals surface area contributed by atoms with E-state index in [4.69, 9.17) is 10.5 Å². The average Bonchev–Trinajstić information content (AvgIpc) is 2.87. The second-order valence-corrected chi connectivity index (χ2v) is 5.17. The smallest absolute Gasteiger partial charge is 0.227 e. The first kappa shape index (κ1) is 15.4. The lowest BCUT2D eigenvalue weighted by Crippen LogP contribution is -2.28. The fraction of sp³-hybridized carbons (Fsp3) is 0.500. The van der Waals surface area contributed by atoms with Crippen LogP contribution in [0.3, 0.4) is 0 Å². The summed E-state index contributed by atoms with van der Waals surface area (Å²) in [6, 6.07) is 2.10. The van der Waals surface area contributed by atoms with Crippen LogP contribution in [0.1, 0.15) is 26.3 Å². The molecule has 0 aromatic carbocycles. The molecule has 21 heavy (non-hydrogen) atoms. The second kappa shape index (κ2) is 6.64. The number of pyridine rings is 1. The van der Waals surface area contributed by atoms with Crippen LogP contribution in [0.25, 0.3) is 11.0 Å². The fourth-order valence-electron chi connectivity index (χ4n) is 2.07. The third-order valence-corrected chi connectivity index (χ3v) is 3.22. The zero-order chi connectivity index (χ0) is 15.4. The SMILES string of the molecule is COC(CN)CC(=O)Nc1cnc2c(cnn2C(C)C)c1. The molecule has 0 aliphatic heterocycles. The number of carbonyl (C=O) groups is 1. The molecule has 7 nitrogen and oxygen atoms in total. The summed E-state index contributed by atoms with van der Waals surface area (Å²) in [5, 5.41) is 7.98. The normalized spacial score (nSPS) is 12.8. The Labute approximate surface area is 123 Å². The first-order valence-electron chi connectivity index (χ1n) is 6.91. The molecule has 0 saturated carbocycles. The molecule has 3 N–H and O–H groups in total. The maximum absolute atomic E-state index is 11.9. The van der Waals surface area contributed by atoms with Crippen LogP contribution in [0.4, 0.5) is 5.69 Å². The quantitative estimate of drug-likeness (QED) is 0.836. The van der Waals surface area contributed by atoms with Gasteiger partial charge in [0, 0.05) is 25.1 Å². The summed E-state index contributed by atoms with van der Waals surface area (Å²) in [4.78, 5) is 16.3. The molecule has 0 aliphatic carbocycles. The standard InChI is InChI=1S/C14H21N5O2/c1-9(2)19-14-10(7-17-19)4-11(8-16-14)18-13(20)5-12(6-15)21-3/h4,7-9,12H,5-6,15H2,1-3H3,(H,18,20). The minimum absolute atomic E-state index is 0.148. The molecule has 2 aromatic rings. The summed E-state index contributed by atoms with van der Waals surface area (Å²) in [5.74, 6) is -0.148. The Morgan fingerprint density at radius 1 is 1.48 bits per heavy atom. The van der Waals surface area contributed by atoms with E-state index in [1.165, 1.54) is 0 Å².